The van der Waals surface area contributed by atoms with Crippen LogP contribution in [0.4, 0.5) is 0 Å². The van der Waals surface area contributed by atoms with Gasteiger partial charge in [0.2, 0.25) is 0 Å². The summed E-state index contributed by atoms with van der Waals surface area (Å²) in [5.41, 5.74) is 1.83. The summed E-state index contributed by atoms with van der Waals surface area (Å²) in [6, 6.07) is 3.85. The first kappa shape index (κ1) is 12.3. The fourth-order valence-corrected chi connectivity index (χ4v) is 2.18. The van der Waals surface area contributed by atoms with Crippen LogP contribution in [0.2, 0.25) is 0 Å². The fourth-order valence-electron chi connectivity index (χ4n) is 2.18. The SMILES string of the molecule is CC(O)CCc1nc2cc3c(cc2[nH]1)OCCCO3. The van der Waals surface area contributed by atoms with Gasteiger partial charge in [0.15, 0.2) is 11.5 Å². The number of nitrogens with zero attached hydrogens (tertiary/aromatic N) is 1. The lowest BCUT2D eigenvalue weighted by atomic mass is 10.2. The van der Waals surface area contributed by atoms with E-state index in [-0.39, 0.29) is 6.10 Å². The Morgan fingerprint density at radius 2 is 2.05 bits per heavy atom. The van der Waals surface area contributed by atoms with Crippen molar-refractivity contribution < 1.29 is 14.6 Å². The van der Waals surface area contributed by atoms with Crippen LogP contribution in [0.25, 0.3) is 11.0 Å². The number of aryl methyl sites for hydroxylation is 1. The third-order valence-electron chi connectivity index (χ3n) is 3.20. The summed E-state index contributed by atoms with van der Waals surface area (Å²) in [7, 11) is 0. The van der Waals surface area contributed by atoms with Crippen LogP contribution in [-0.4, -0.2) is 34.4 Å². The van der Waals surface area contributed by atoms with E-state index in [1.165, 1.54) is 0 Å². The lowest BCUT2D eigenvalue weighted by Gasteiger charge is -2.05. The fraction of sp³-hybridized carbons (Fsp3) is 0.500. The number of H-pyrrole nitrogens is 1. The lowest BCUT2D eigenvalue weighted by Crippen LogP contribution is -2.02. The zero-order chi connectivity index (χ0) is 13.2. The van der Waals surface area contributed by atoms with Crippen molar-refractivity contribution in [3.63, 3.8) is 0 Å². The van der Waals surface area contributed by atoms with Gasteiger partial charge in [-0.3, -0.25) is 0 Å². The van der Waals surface area contributed by atoms with Gasteiger partial charge in [0.1, 0.15) is 5.82 Å². The first-order valence-corrected chi connectivity index (χ1v) is 6.68. The first-order valence-electron chi connectivity index (χ1n) is 6.68. The van der Waals surface area contributed by atoms with E-state index in [2.05, 4.69) is 9.97 Å². The van der Waals surface area contributed by atoms with Gasteiger partial charge in [-0.15, -0.1) is 0 Å². The molecule has 0 bridgehead atoms. The number of aliphatic hydroxyl groups excluding tert-OH is 1. The van der Waals surface area contributed by atoms with Gasteiger partial charge in [0, 0.05) is 25.0 Å². The molecule has 102 valence electrons. The van der Waals surface area contributed by atoms with E-state index in [4.69, 9.17) is 9.47 Å². The molecule has 5 nitrogen and oxygen atoms in total. The highest BCUT2D eigenvalue weighted by Crippen LogP contribution is 2.33. The van der Waals surface area contributed by atoms with Gasteiger partial charge in [-0.1, -0.05) is 0 Å². The first-order chi connectivity index (χ1) is 9.22. The lowest BCUT2D eigenvalue weighted by molar-refractivity contribution is 0.184. The number of aromatic amines is 1. The van der Waals surface area contributed by atoms with Crippen molar-refractivity contribution >= 4 is 11.0 Å². The number of aliphatic hydroxyl groups is 1. The molecule has 0 aliphatic carbocycles. The minimum Gasteiger partial charge on any atom is -0.489 e. The Balaban J connectivity index is 1.90. The van der Waals surface area contributed by atoms with E-state index < -0.39 is 0 Å². The average Bonchev–Trinajstić information content (AvgIpc) is 2.63. The normalized spacial score (nSPS) is 16.3. The Hall–Kier alpha value is -1.75. The van der Waals surface area contributed by atoms with Crippen molar-refractivity contribution in [1.29, 1.82) is 0 Å². The minimum absolute atomic E-state index is 0.309. The molecule has 0 radical (unpaired) electrons. The second-order valence-corrected chi connectivity index (χ2v) is 4.94. The molecule has 1 atom stereocenters. The molecule has 1 aromatic heterocycles. The number of ether oxygens (including phenoxy) is 2. The molecular weight excluding hydrogens is 244 g/mol. The number of aromatic nitrogens is 2. The molecule has 2 N–H and O–H groups in total. The van der Waals surface area contributed by atoms with E-state index in [0.29, 0.717) is 19.6 Å². The molecule has 0 saturated carbocycles. The second kappa shape index (κ2) is 5.09. The average molecular weight is 262 g/mol. The minimum atomic E-state index is -0.309. The summed E-state index contributed by atoms with van der Waals surface area (Å²) >= 11 is 0. The van der Waals surface area contributed by atoms with Crippen LogP contribution < -0.4 is 9.47 Å². The number of fused-ring (bicyclic) bond motifs is 2. The largest absolute Gasteiger partial charge is 0.489 e. The number of hydrogen-bond donors (Lipinski definition) is 2. The summed E-state index contributed by atoms with van der Waals surface area (Å²) in [6.45, 7) is 3.14. The highest BCUT2D eigenvalue weighted by Gasteiger charge is 2.14. The van der Waals surface area contributed by atoms with Crippen LogP contribution in [0.5, 0.6) is 11.5 Å². The van der Waals surface area contributed by atoms with Crippen LogP contribution in [-0.2, 0) is 6.42 Å². The van der Waals surface area contributed by atoms with Gasteiger partial charge in [-0.05, 0) is 13.3 Å². The van der Waals surface area contributed by atoms with Crippen molar-refractivity contribution in [2.45, 2.75) is 32.3 Å². The zero-order valence-corrected chi connectivity index (χ0v) is 11.0. The van der Waals surface area contributed by atoms with Gasteiger partial charge < -0.3 is 19.6 Å². The molecule has 2 aromatic rings. The summed E-state index contributed by atoms with van der Waals surface area (Å²) < 4.78 is 11.3. The van der Waals surface area contributed by atoms with Crippen LogP contribution in [0.3, 0.4) is 0 Å². The van der Waals surface area contributed by atoms with Crippen molar-refractivity contribution in [1.82, 2.24) is 9.97 Å². The molecule has 0 spiro atoms. The van der Waals surface area contributed by atoms with Crippen LogP contribution in [0, 0.1) is 0 Å². The molecule has 2 heterocycles. The maximum atomic E-state index is 9.31. The van der Waals surface area contributed by atoms with Crippen LogP contribution >= 0.6 is 0 Å². The zero-order valence-electron chi connectivity index (χ0n) is 11.0. The third kappa shape index (κ3) is 2.66. The van der Waals surface area contributed by atoms with Gasteiger partial charge in [0.25, 0.3) is 0 Å². The molecule has 1 unspecified atom stereocenters. The predicted molar refractivity (Wildman–Crippen MR) is 71.7 cm³/mol. The Morgan fingerprint density at radius 1 is 1.32 bits per heavy atom. The quantitative estimate of drug-likeness (QED) is 0.888. The second-order valence-electron chi connectivity index (χ2n) is 4.94. The van der Waals surface area contributed by atoms with Gasteiger partial charge in [-0.2, -0.15) is 0 Å². The number of benzene rings is 1. The van der Waals surface area contributed by atoms with E-state index in [9.17, 15) is 5.11 Å². The molecule has 1 aromatic carbocycles. The van der Waals surface area contributed by atoms with Gasteiger partial charge in [-0.25, -0.2) is 4.98 Å². The van der Waals surface area contributed by atoms with Crippen molar-refractivity contribution in [2.75, 3.05) is 13.2 Å². The number of nitrogens with one attached hydrogen (secondary N) is 1. The smallest absolute Gasteiger partial charge is 0.163 e. The molecule has 1 aliphatic heterocycles. The monoisotopic (exact) mass is 262 g/mol. The van der Waals surface area contributed by atoms with E-state index >= 15 is 0 Å². The molecule has 19 heavy (non-hydrogen) atoms. The van der Waals surface area contributed by atoms with Crippen LogP contribution in [0.1, 0.15) is 25.6 Å². The third-order valence-corrected chi connectivity index (χ3v) is 3.20. The van der Waals surface area contributed by atoms with Crippen LogP contribution in [0.15, 0.2) is 12.1 Å². The highest BCUT2D eigenvalue weighted by molar-refractivity contribution is 5.79. The summed E-state index contributed by atoms with van der Waals surface area (Å²) in [5, 5.41) is 9.31. The van der Waals surface area contributed by atoms with Gasteiger partial charge in [0.05, 0.1) is 30.4 Å². The molecule has 1 aliphatic rings. The topological polar surface area (TPSA) is 67.4 Å². The maximum absolute atomic E-state index is 9.31. The highest BCUT2D eigenvalue weighted by atomic mass is 16.5. The number of imidazole rings is 1. The molecule has 0 fully saturated rings. The Bertz CT molecular complexity index is 534. The Labute approximate surface area is 111 Å². The summed E-state index contributed by atoms with van der Waals surface area (Å²) in [5.74, 6) is 2.42. The maximum Gasteiger partial charge on any atom is 0.163 e. The number of rotatable bonds is 3. The molecular formula is C14H18N2O3. The Kier molecular flexibility index (Phi) is 3.29. The summed E-state index contributed by atoms with van der Waals surface area (Å²) in [4.78, 5) is 7.78. The molecule has 3 rings (SSSR count). The molecule has 5 heteroatoms. The van der Waals surface area contributed by atoms with Gasteiger partial charge >= 0.3 is 0 Å². The Morgan fingerprint density at radius 3 is 2.79 bits per heavy atom. The van der Waals surface area contributed by atoms with E-state index in [0.717, 1.165) is 41.2 Å². The molecule has 0 amide bonds. The standard InChI is InChI=1S/C14H18N2O3/c1-9(17)3-4-14-15-10-7-12-13(8-11(10)16-14)19-6-2-5-18-12/h7-9,17H,2-6H2,1H3,(H,15,16). The summed E-state index contributed by atoms with van der Waals surface area (Å²) in [6.07, 6.45) is 2.03. The molecule has 0 saturated heterocycles. The number of hydrogen-bond acceptors (Lipinski definition) is 4. The van der Waals surface area contributed by atoms with Crippen molar-refractivity contribution in [3.8, 4) is 11.5 Å². The predicted octanol–water partition coefficient (Wildman–Crippen LogP) is 2.04. The van der Waals surface area contributed by atoms with E-state index in [1.807, 2.05) is 12.1 Å². The van der Waals surface area contributed by atoms with Crippen molar-refractivity contribution in [3.05, 3.63) is 18.0 Å². The van der Waals surface area contributed by atoms with Crippen molar-refractivity contribution in [2.24, 2.45) is 0 Å². The van der Waals surface area contributed by atoms with E-state index in [1.54, 1.807) is 6.92 Å².